The van der Waals surface area contributed by atoms with E-state index in [4.69, 9.17) is 10.8 Å². The lowest BCUT2D eigenvalue weighted by Gasteiger charge is -2.30. The standard InChI is InChI=1S/C13H20N2O2/c1-4-15(9-13(3,14)12(16)17)11-7-5-10(2)6-8-11/h5-8H,4,9,14H2,1-3H3,(H,16,17). The third-order valence-corrected chi connectivity index (χ3v) is 2.79. The number of nitrogens with two attached hydrogens (primary N) is 1. The Kier molecular flexibility index (Phi) is 4.12. The molecule has 4 nitrogen and oxygen atoms in total. The SMILES string of the molecule is CCN(CC(C)(N)C(=O)O)c1ccc(C)cc1. The van der Waals surface area contributed by atoms with Crippen LogP contribution in [0.4, 0.5) is 5.69 Å². The molecule has 1 aromatic rings. The number of likely N-dealkylation sites (N-methyl/N-ethyl adjacent to an activating group) is 1. The lowest BCUT2D eigenvalue weighted by atomic mass is 10.0. The van der Waals surface area contributed by atoms with E-state index in [0.29, 0.717) is 6.54 Å². The highest BCUT2D eigenvalue weighted by molar-refractivity contribution is 5.79. The average Bonchev–Trinajstić information content (AvgIpc) is 2.27. The molecule has 0 aliphatic heterocycles. The largest absolute Gasteiger partial charge is 0.480 e. The molecule has 0 amide bonds. The van der Waals surface area contributed by atoms with Crippen molar-refractivity contribution < 1.29 is 9.90 Å². The van der Waals surface area contributed by atoms with Crippen LogP contribution in [0.25, 0.3) is 0 Å². The number of carboxylic acids is 1. The van der Waals surface area contributed by atoms with E-state index in [-0.39, 0.29) is 0 Å². The van der Waals surface area contributed by atoms with Crippen LogP contribution in [0.1, 0.15) is 19.4 Å². The molecule has 1 unspecified atom stereocenters. The van der Waals surface area contributed by atoms with Crippen molar-refractivity contribution in [1.29, 1.82) is 0 Å². The predicted molar refractivity (Wildman–Crippen MR) is 69.3 cm³/mol. The van der Waals surface area contributed by atoms with Crippen LogP contribution in [-0.4, -0.2) is 29.7 Å². The van der Waals surface area contributed by atoms with Gasteiger partial charge in [0.25, 0.3) is 0 Å². The fraction of sp³-hybridized carbons (Fsp3) is 0.462. The Balaban J connectivity index is 2.86. The highest BCUT2D eigenvalue weighted by Crippen LogP contribution is 2.17. The van der Waals surface area contributed by atoms with Crippen LogP contribution in [0, 0.1) is 6.92 Å². The molecule has 17 heavy (non-hydrogen) atoms. The molecular formula is C13H20N2O2. The normalized spacial score (nSPS) is 14.1. The van der Waals surface area contributed by atoms with Gasteiger partial charge in [-0.05, 0) is 32.9 Å². The molecular weight excluding hydrogens is 216 g/mol. The van der Waals surface area contributed by atoms with E-state index in [1.165, 1.54) is 12.5 Å². The number of nitrogens with zero attached hydrogens (tertiary/aromatic N) is 1. The van der Waals surface area contributed by atoms with Gasteiger partial charge in [0, 0.05) is 18.8 Å². The van der Waals surface area contributed by atoms with Gasteiger partial charge in [0.2, 0.25) is 0 Å². The van der Waals surface area contributed by atoms with Crippen molar-refractivity contribution in [2.45, 2.75) is 26.3 Å². The minimum absolute atomic E-state index is 0.294. The maximum atomic E-state index is 11.0. The van der Waals surface area contributed by atoms with Crippen molar-refractivity contribution >= 4 is 11.7 Å². The van der Waals surface area contributed by atoms with Crippen molar-refractivity contribution in [3.8, 4) is 0 Å². The minimum Gasteiger partial charge on any atom is -0.480 e. The van der Waals surface area contributed by atoms with E-state index in [0.717, 1.165) is 12.2 Å². The second-order valence-corrected chi connectivity index (χ2v) is 4.57. The second-order valence-electron chi connectivity index (χ2n) is 4.57. The molecule has 0 heterocycles. The molecule has 1 atom stereocenters. The molecule has 3 N–H and O–H groups in total. The molecule has 1 rings (SSSR count). The molecule has 0 aliphatic carbocycles. The first-order valence-corrected chi connectivity index (χ1v) is 5.70. The summed E-state index contributed by atoms with van der Waals surface area (Å²) in [5.41, 5.74) is 6.70. The highest BCUT2D eigenvalue weighted by Gasteiger charge is 2.30. The molecule has 0 fully saturated rings. The van der Waals surface area contributed by atoms with Crippen LogP contribution in [-0.2, 0) is 4.79 Å². The zero-order chi connectivity index (χ0) is 13.1. The first-order valence-electron chi connectivity index (χ1n) is 5.70. The smallest absolute Gasteiger partial charge is 0.325 e. The first-order chi connectivity index (χ1) is 7.86. The second kappa shape index (κ2) is 5.19. The molecule has 0 saturated carbocycles. The summed E-state index contributed by atoms with van der Waals surface area (Å²) in [6.45, 7) is 6.55. The summed E-state index contributed by atoms with van der Waals surface area (Å²) in [6, 6.07) is 7.98. The zero-order valence-electron chi connectivity index (χ0n) is 10.6. The number of rotatable bonds is 5. The number of carboxylic acid groups (broad SMARTS) is 1. The van der Waals surface area contributed by atoms with Gasteiger partial charge in [-0.1, -0.05) is 17.7 Å². The van der Waals surface area contributed by atoms with Crippen molar-refractivity contribution in [2.24, 2.45) is 5.73 Å². The van der Waals surface area contributed by atoms with Gasteiger partial charge in [-0.3, -0.25) is 4.79 Å². The molecule has 0 radical (unpaired) electrons. The predicted octanol–water partition coefficient (Wildman–Crippen LogP) is 1.62. The molecule has 0 bridgehead atoms. The Bertz CT molecular complexity index is 385. The van der Waals surface area contributed by atoms with Gasteiger partial charge >= 0.3 is 5.97 Å². The number of aryl methyl sites for hydroxylation is 1. The Hall–Kier alpha value is -1.55. The lowest BCUT2D eigenvalue weighted by molar-refractivity contribution is -0.142. The summed E-state index contributed by atoms with van der Waals surface area (Å²) in [5.74, 6) is -0.983. The van der Waals surface area contributed by atoms with Crippen LogP contribution in [0.5, 0.6) is 0 Å². The van der Waals surface area contributed by atoms with Gasteiger partial charge in [-0.2, -0.15) is 0 Å². The van der Waals surface area contributed by atoms with Crippen LogP contribution in [0.2, 0.25) is 0 Å². The Labute approximate surface area is 102 Å². The Morgan fingerprint density at radius 2 is 1.94 bits per heavy atom. The number of aliphatic carboxylic acids is 1. The Morgan fingerprint density at radius 1 is 1.41 bits per heavy atom. The van der Waals surface area contributed by atoms with Crippen molar-refractivity contribution in [3.05, 3.63) is 29.8 Å². The van der Waals surface area contributed by atoms with Crippen LogP contribution in [0.15, 0.2) is 24.3 Å². The fourth-order valence-corrected chi connectivity index (χ4v) is 1.61. The van der Waals surface area contributed by atoms with Crippen LogP contribution < -0.4 is 10.6 Å². The average molecular weight is 236 g/mol. The maximum Gasteiger partial charge on any atom is 0.325 e. The molecule has 4 heteroatoms. The first kappa shape index (κ1) is 13.5. The quantitative estimate of drug-likeness (QED) is 0.815. The molecule has 1 aromatic carbocycles. The van der Waals surface area contributed by atoms with Crippen molar-refractivity contribution in [3.63, 3.8) is 0 Å². The van der Waals surface area contributed by atoms with Gasteiger partial charge in [-0.15, -0.1) is 0 Å². The summed E-state index contributed by atoms with van der Waals surface area (Å²) in [4.78, 5) is 13.0. The van der Waals surface area contributed by atoms with E-state index in [1.807, 2.05) is 43.0 Å². The zero-order valence-corrected chi connectivity index (χ0v) is 10.6. The van der Waals surface area contributed by atoms with E-state index in [1.54, 1.807) is 0 Å². The molecule has 0 saturated heterocycles. The molecule has 94 valence electrons. The Morgan fingerprint density at radius 3 is 2.35 bits per heavy atom. The number of hydrogen-bond donors (Lipinski definition) is 2. The monoisotopic (exact) mass is 236 g/mol. The number of anilines is 1. The molecule has 0 aromatic heterocycles. The summed E-state index contributed by atoms with van der Waals surface area (Å²) in [6.07, 6.45) is 0. The van der Waals surface area contributed by atoms with Crippen LogP contribution in [0.3, 0.4) is 0 Å². The maximum absolute atomic E-state index is 11.0. The minimum atomic E-state index is -1.24. The topological polar surface area (TPSA) is 66.6 Å². The fourth-order valence-electron chi connectivity index (χ4n) is 1.61. The van der Waals surface area contributed by atoms with E-state index in [9.17, 15) is 4.79 Å². The number of carbonyl (C=O) groups is 1. The van der Waals surface area contributed by atoms with Gasteiger partial charge in [0.05, 0.1) is 0 Å². The van der Waals surface area contributed by atoms with Gasteiger partial charge in [0.1, 0.15) is 5.54 Å². The summed E-state index contributed by atoms with van der Waals surface area (Å²) < 4.78 is 0. The van der Waals surface area contributed by atoms with E-state index < -0.39 is 11.5 Å². The number of benzene rings is 1. The molecule has 0 aliphatic rings. The van der Waals surface area contributed by atoms with Crippen LogP contribution >= 0.6 is 0 Å². The summed E-state index contributed by atoms with van der Waals surface area (Å²) in [7, 11) is 0. The third-order valence-electron chi connectivity index (χ3n) is 2.79. The third kappa shape index (κ3) is 3.46. The van der Waals surface area contributed by atoms with Gasteiger partial charge < -0.3 is 15.7 Å². The van der Waals surface area contributed by atoms with Gasteiger partial charge in [-0.25, -0.2) is 0 Å². The van der Waals surface area contributed by atoms with Crippen molar-refractivity contribution in [2.75, 3.05) is 18.0 Å². The van der Waals surface area contributed by atoms with E-state index in [2.05, 4.69) is 0 Å². The highest BCUT2D eigenvalue weighted by atomic mass is 16.4. The van der Waals surface area contributed by atoms with Gasteiger partial charge in [0.15, 0.2) is 0 Å². The molecule has 0 spiro atoms. The number of hydrogen-bond acceptors (Lipinski definition) is 3. The van der Waals surface area contributed by atoms with E-state index >= 15 is 0 Å². The lowest BCUT2D eigenvalue weighted by Crippen LogP contribution is -2.54. The van der Waals surface area contributed by atoms with Crippen molar-refractivity contribution in [1.82, 2.24) is 0 Å². The summed E-state index contributed by atoms with van der Waals surface area (Å²) in [5, 5.41) is 9.03. The summed E-state index contributed by atoms with van der Waals surface area (Å²) >= 11 is 0.